The molecule has 7 heteroatoms. The molecule has 0 aromatic heterocycles. The average molecular weight is 457 g/mol. The Morgan fingerprint density at radius 2 is 1.70 bits per heavy atom. The molecule has 2 aromatic rings. The summed E-state index contributed by atoms with van der Waals surface area (Å²) in [5.74, 6) is -0.512. The van der Waals surface area contributed by atoms with Crippen LogP contribution in [0.4, 0.5) is 19.3 Å². The number of piperidine rings is 1. The van der Waals surface area contributed by atoms with Crippen molar-refractivity contribution in [2.75, 3.05) is 44.2 Å². The molecule has 178 valence electrons. The summed E-state index contributed by atoms with van der Waals surface area (Å²) in [6.45, 7) is 7.52. The van der Waals surface area contributed by atoms with Gasteiger partial charge in [0.1, 0.15) is 11.6 Å². The summed E-state index contributed by atoms with van der Waals surface area (Å²) < 4.78 is 27.1. The number of nitrogens with one attached hydrogen (secondary N) is 1. The van der Waals surface area contributed by atoms with Gasteiger partial charge in [-0.25, -0.2) is 13.6 Å². The minimum atomic E-state index is -0.580. The molecule has 2 aromatic carbocycles. The second kappa shape index (κ2) is 11.0. The average Bonchev–Trinajstić information content (AvgIpc) is 2.80. The monoisotopic (exact) mass is 456 g/mol. The van der Waals surface area contributed by atoms with E-state index in [0.29, 0.717) is 37.8 Å². The van der Waals surface area contributed by atoms with Gasteiger partial charge >= 0.3 is 6.03 Å². The number of hydrogen-bond acceptors (Lipinski definition) is 3. The van der Waals surface area contributed by atoms with Crippen molar-refractivity contribution in [1.29, 1.82) is 0 Å². The molecule has 2 aliphatic heterocycles. The second-order valence-corrected chi connectivity index (χ2v) is 9.34. The number of nitrogens with zero attached hydrogens (tertiary/aromatic N) is 3. The summed E-state index contributed by atoms with van der Waals surface area (Å²) in [7, 11) is 0. The number of carbonyl (C=O) groups is 1. The zero-order valence-corrected chi connectivity index (χ0v) is 19.4. The molecule has 33 heavy (non-hydrogen) atoms. The molecule has 0 unspecified atom stereocenters. The third-order valence-electron chi connectivity index (χ3n) is 6.89. The van der Waals surface area contributed by atoms with Crippen molar-refractivity contribution in [3.05, 3.63) is 65.7 Å². The lowest BCUT2D eigenvalue weighted by Crippen LogP contribution is -2.56. The lowest BCUT2D eigenvalue weighted by Gasteiger charge is -2.41. The Labute approximate surface area is 195 Å². The van der Waals surface area contributed by atoms with Gasteiger partial charge in [-0.15, -0.1) is 0 Å². The van der Waals surface area contributed by atoms with Crippen LogP contribution in [0.2, 0.25) is 0 Å². The maximum Gasteiger partial charge on any atom is 0.317 e. The van der Waals surface area contributed by atoms with E-state index in [1.54, 1.807) is 0 Å². The van der Waals surface area contributed by atoms with Crippen LogP contribution in [0, 0.1) is 17.6 Å². The van der Waals surface area contributed by atoms with Crippen LogP contribution in [0.3, 0.4) is 0 Å². The Morgan fingerprint density at radius 1 is 1.00 bits per heavy atom. The van der Waals surface area contributed by atoms with Crippen molar-refractivity contribution in [3.8, 4) is 0 Å². The fraction of sp³-hybridized carbons (Fsp3) is 0.500. The number of carbonyl (C=O) groups excluding carboxylic acids is 1. The van der Waals surface area contributed by atoms with Crippen molar-refractivity contribution in [2.45, 2.75) is 38.8 Å². The van der Waals surface area contributed by atoms with Gasteiger partial charge in [0, 0.05) is 50.5 Å². The van der Waals surface area contributed by atoms with Crippen molar-refractivity contribution >= 4 is 11.7 Å². The van der Waals surface area contributed by atoms with E-state index in [-0.39, 0.29) is 12.1 Å². The molecular formula is C26H34F2N4O. The van der Waals surface area contributed by atoms with E-state index in [1.165, 1.54) is 30.5 Å². The number of benzene rings is 2. The summed E-state index contributed by atoms with van der Waals surface area (Å²) in [5.41, 5.74) is 1.89. The van der Waals surface area contributed by atoms with E-state index < -0.39 is 11.6 Å². The summed E-state index contributed by atoms with van der Waals surface area (Å²) >= 11 is 0. The molecule has 0 saturated carbocycles. The van der Waals surface area contributed by atoms with Gasteiger partial charge in [0.2, 0.25) is 0 Å². The first kappa shape index (κ1) is 23.5. The van der Waals surface area contributed by atoms with Crippen LogP contribution in [0.15, 0.2) is 48.5 Å². The normalized spacial score (nSPS) is 20.2. The highest BCUT2D eigenvalue weighted by molar-refractivity contribution is 5.75. The van der Waals surface area contributed by atoms with Gasteiger partial charge in [-0.1, -0.05) is 30.3 Å². The molecule has 2 saturated heterocycles. The predicted octanol–water partition coefficient (Wildman–Crippen LogP) is 4.49. The Hall–Kier alpha value is -2.67. The van der Waals surface area contributed by atoms with E-state index in [9.17, 15) is 13.6 Å². The number of piperazine rings is 1. The summed E-state index contributed by atoms with van der Waals surface area (Å²) in [6, 6.07) is 14.1. The Kier molecular flexibility index (Phi) is 7.81. The predicted molar refractivity (Wildman–Crippen MR) is 127 cm³/mol. The van der Waals surface area contributed by atoms with E-state index in [0.717, 1.165) is 32.1 Å². The molecule has 0 radical (unpaired) electrons. The SMILES string of the molecule is C[C@@H]1CN(c2cc(F)cc(F)c2)CCN1C(=O)NCCC1CCN(Cc2ccccc2)CC1. The van der Waals surface area contributed by atoms with Crippen molar-refractivity contribution in [3.63, 3.8) is 0 Å². The van der Waals surface area contributed by atoms with Crippen molar-refractivity contribution in [1.82, 2.24) is 15.1 Å². The first-order chi connectivity index (χ1) is 16.0. The summed E-state index contributed by atoms with van der Waals surface area (Å²) in [5, 5.41) is 3.09. The molecule has 2 heterocycles. The molecule has 5 nitrogen and oxygen atoms in total. The second-order valence-electron chi connectivity index (χ2n) is 9.34. The van der Waals surface area contributed by atoms with E-state index >= 15 is 0 Å². The molecule has 2 aliphatic rings. The molecular weight excluding hydrogens is 422 g/mol. The van der Waals surface area contributed by atoms with Crippen LogP contribution >= 0.6 is 0 Å². The van der Waals surface area contributed by atoms with Crippen LogP contribution < -0.4 is 10.2 Å². The topological polar surface area (TPSA) is 38.8 Å². The fourth-order valence-corrected chi connectivity index (χ4v) is 4.98. The molecule has 4 rings (SSSR count). The van der Waals surface area contributed by atoms with Crippen LogP contribution in [-0.2, 0) is 6.54 Å². The minimum Gasteiger partial charge on any atom is -0.368 e. The molecule has 1 atom stereocenters. The molecule has 0 bridgehead atoms. The number of rotatable bonds is 6. The van der Waals surface area contributed by atoms with Crippen molar-refractivity contribution < 1.29 is 13.6 Å². The van der Waals surface area contributed by atoms with E-state index in [1.807, 2.05) is 16.7 Å². The number of anilines is 1. The first-order valence-electron chi connectivity index (χ1n) is 12.0. The number of halogens is 2. The van der Waals surface area contributed by atoms with Crippen LogP contribution in [-0.4, -0.2) is 61.1 Å². The fourth-order valence-electron chi connectivity index (χ4n) is 4.98. The van der Waals surface area contributed by atoms with Crippen molar-refractivity contribution in [2.24, 2.45) is 5.92 Å². The molecule has 2 fully saturated rings. The third-order valence-corrected chi connectivity index (χ3v) is 6.89. The van der Waals surface area contributed by atoms with Gasteiger partial charge in [-0.05, 0) is 62.9 Å². The quantitative estimate of drug-likeness (QED) is 0.696. The van der Waals surface area contributed by atoms with Crippen LogP contribution in [0.25, 0.3) is 0 Å². The maximum absolute atomic E-state index is 13.6. The number of amides is 2. The Balaban J connectivity index is 1.16. The largest absolute Gasteiger partial charge is 0.368 e. The van der Waals surface area contributed by atoms with Gasteiger partial charge in [0.05, 0.1) is 0 Å². The minimum absolute atomic E-state index is 0.0358. The van der Waals surface area contributed by atoms with Gasteiger partial charge in [-0.2, -0.15) is 0 Å². The number of urea groups is 1. The lowest BCUT2D eigenvalue weighted by molar-refractivity contribution is 0.162. The summed E-state index contributed by atoms with van der Waals surface area (Å²) in [4.78, 5) is 19.0. The molecule has 2 amide bonds. The Bertz CT molecular complexity index is 898. The maximum atomic E-state index is 13.6. The summed E-state index contributed by atoms with van der Waals surface area (Å²) in [6.07, 6.45) is 3.34. The highest BCUT2D eigenvalue weighted by Gasteiger charge is 2.28. The van der Waals surface area contributed by atoms with Crippen LogP contribution in [0.1, 0.15) is 31.7 Å². The van der Waals surface area contributed by atoms with Gasteiger partial charge in [0.15, 0.2) is 0 Å². The van der Waals surface area contributed by atoms with E-state index in [4.69, 9.17) is 0 Å². The zero-order valence-electron chi connectivity index (χ0n) is 19.4. The van der Waals surface area contributed by atoms with Gasteiger partial charge in [-0.3, -0.25) is 4.90 Å². The molecule has 0 spiro atoms. The third kappa shape index (κ3) is 6.44. The zero-order chi connectivity index (χ0) is 23.2. The van der Waals surface area contributed by atoms with Gasteiger partial charge in [0.25, 0.3) is 0 Å². The number of likely N-dealkylation sites (tertiary alicyclic amines) is 1. The van der Waals surface area contributed by atoms with Crippen LogP contribution in [0.5, 0.6) is 0 Å². The van der Waals surface area contributed by atoms with E-state index in [2.05, 4.69) is 40.5 Å². The van der Waals surface area contributed by atoms with Gasteiger partial charge < -0.3 is 15.1 Å². The highest BCUT2D eigenvalue weighted by Crippen LogP contribution is 2.23. The Morgan fingerprint density at radius 3 is 2.36 bits per heavy atom. The number of hydrogen-bond donors (Lipinski definition) is 1. The smallest absolute Gasteiger partial charge is 0.317 e. The molecule has 1 N–H and O–H groups in total. The first-order valence-corrected chi connectivity index (χ1v) is 12.0. The lowest BCUT2D eigenvalue weighted by atomic mass is 9.93. The standard InChI is InChI=1S/C26H34F2N4O/c1-20-18-31(25-16-23(27)15-24(28)17-25)13-14-32(20)26(33)29-10-7-21-8-11-30(12-9-21)19-22-5-3-2-4-6-22/h2-6,15-17,20-21H,7-14,18-19H2,1H3,(H,29,33)/t20-/m1/s1. The molecule has 0 aliphatic carbocycles. The highest BCUT2D eigenvalue weighted by atomic mass is 19.1.